The Morgan fingerprint density at radius 3 is 2.57 bits per heavy atom. The van der Waals surface area contributed by atoms with Gasteiger partial charge in [-0.1, -0.05) is 19.9 Å². The summed E-state index contributed by atoms with van der Waals surface area (Å²) in [6.07, 6.45) is 1.25. The first-order valence-electron chi connectivity index (χ1n) is 8.54. The van der Waals surface area contributed by atoms with Gasteiger partial charge in [-0.05, 0) is 37.1 Å². The Bertz CT molecular complexity index is 522. The Labute approximate surface area is 139 Å². The maximum atomic E-state index is 11.8. The van der Waals surface area contributed by atoms with Crippen molar-refractivity contribution < 1.29 is 4.79 Å². The number of nitrogens with one attached hydrogen (secondary N) is 1. The van der Waals surface area contributed by atoms with Crippen molar-refractivity contribution in [2.45, 2.75) is 26.7 Å². The van der Waals surface area contributed by atoms with Gasteiger partial charge in [0.15, 0.2) is 0 Å². The molecule has 5 heteroatoms. The largest absolute Gasteiger partial charge is 0.397 e. The van der Waals surface area contributed by atoms with Crippen LogP contribution >= 0.6 is 0 Å². The topological polar surface area (TPSA) is 61.6 Å². The Hall–Kier alpha value is -1.75. The molecule has 1 aliphatic rings. The molecule has 0 radical (unpaired) electrons. The van der Waals surface area contributed by atoms with Crippen molar-refractivity contribution in [3.63, 3.8) is 0 Å². The van der Waals surface area contributed by atoms with Gasteiger partial charge >= 0.3 is 0 Å². The molecule has 0 aliphatic carbocycles. The van der Waals surface area contributed by atoms with Crippen LogP contribution in [0.25, 0.3) is 0 Å². The molecule has 3 N–H and O–H groups in total. The zero-order valence-electron chi connectivity index (χ0n) is 14.6. The van der Waals surface area contributed by atoms with Crippen molar-refractivity contribution in [3.05, 3.63) is 23.8 Å². The van der Waals surface area contributed by atoms with E-state index >= 15 is 0 Å². The highest BCUT2D eigenvalue weighted by molar-refractivity contribution is 5.76. The predicted octanol–water partition coefficient (Wildman–Crippen LogP) is 1.73. The van der Waals surface area contributed by atoms with Crippen LogP contribution in [0.15, 0.2) is 18.2 Å². The van der Waals surface area contributed by atoms with Gasteiger partial charge in [0.05, 0.1) is 11.4 Å². The lowest BCUT2D eigenvalue weighted by Gasteiger charge is -2.34. The number of carbonyl (C=O) groups is 1. The number of benzene rings is 1. The fraction of sp³-hybridized carbons (Fsp3) is 0.611. The lowest BCUT2D eigenvalue weighted by Crippen LogP contribution is -2.44. The van der Waals surface area contributed by atoms with E-state index in [1.165, 1.54) is 0 Å². The number of anilines is 2. The molecule has 2 rings (SSSR count). The van der Waals surface area contributed by atoms with Crippen LogP contribution in [0.2, 0.25) is 0 Å². The summed E-state index contributed by atoms with van der Waals surface area (Å²) in [5, 5.41) is 2.95. The number of piperazine rings is 1. The molecular formula is C18H30N4O. The lowest BCUT2D eigenvalue weighted by molar-refractivity contribution is -0.121. The quantitative estimate of drug-likeness (QED) is 0.784. The van der Waals surface area contributed by atoms with Crippen LogP contribution in [0.1, 0.15) is 25.8 Å². The Morgan fingerprint density at radius 1 is 1.26 bits per heavy atom. The van der Waals surface area contributed by atoms with E-state index in [1.807, 2.05) is 6.07 Å². The molecule has 128 valence electrons. The normalized spacial score (nSPS) is 15.9. The highest BCUT2D eigenvalue weighted by atomic mass is 16.1. The van der Waals surface area contributed by atoms with E-state index in [4.69, 9.17) is 5.73 Å². The van der Waals surface area contributed by atoms with Crippen LogP contribution in [-0.2, 0) is 11.2 Å². The molecule has 0 bridgehead atoms. The molecule has 0 spiro atoms. The van der Waals surface area contributed by atoms with Crippen molar-refractivity contribution in [2.75, 3.05) is 50.4 Å². The minimum atomic E-state index is 0.111. The molecule has 0 aromatic heterocycles. The molecule has 23 heavy (non-hydrogen) atoms. The van der Waals surface area contributed by atoms with Crippen LogP contribution < -0.4 is 16.0 Å². The summed E-state index contributed by atoms with van der Waals surface area (Å²) in [5.74, 6) is 0.595. The number of amides is 1. The molecule has 1 aliphatic heterocycles. The van der Waals surface area contributed by atoms with Gasteiger partial charge in [-0.15, -0.1) is 0 Å². The first-order chi connectivity index (χ1) is 11.0. The van der Waals surface area contributed by atoms with Gasteiger partial charge in [-0.2, -0.15) is 0 Å². The van der Waals surface area contributed by atoms with E-state index in [1.54, 1.807) is 0 Å². The summed E-state index contributed by atoms with van der Waals surface area (Å²) in [5.41, 5.74) is 9.29. The molecule has 5 nitrogen and oxygen atoms in total. The Balaban J connectivity index is 1.88. The third-order valence-corrected chi connectivity index (χ3v) is 4.28. The standard InChI is InChI=1S/C18H30N4O/c1-14(2)13-20-18(23)7-5-15-4-6-17(16(19)12-15)22-10-8-21(3)9-11-22/h4,6,12,14H,5,7-11,13,19H2,1-3H3,(H,20,23). The second-order valence-electron chi connectivity index (χ2n) is 6.88. The minimum absolute atomic E-state index is 0.111. The number of rotatable bonds is 6. The van der Waals surface area contributed by atoms with Crippen molar-refractivity contribution >= 4 is 17.3 Å². The van der Waals surface area contributed by atoms with Crippen molar-refractivity contribution in [2.24, 2.45) is 5.92 Å². The lowest BCUT2D eigenvalue weighted by atomic mass is 10.1. The van der Waals surface area contributed by atoms with Crippen molar-refractivity contribution in [1.29, 1.82) is 0 Å². The molecule has 0 unspecified atom stereocenters. The smallest absolute Gasteiger partial charge is 0.220 e. The maximum Gasteiger partial charge on any atom is 0.220 e. The van der Waals surface area contributed by atoms with Crippen LogP contribution in [0.5, 0.6) is 0 Å². The van der Waals surface area contributed by atoms with Gasteiger partial charge in [-0.3, -0.25) is 4.79 Å². The molecule has 1 aromatic rings. The molecule has 0 saturated carbocycles. The number of nitrogens with two attached hydrogens (primary N) is 1. The van der Waals surface area contributed by atoms with E-state index in [9.17, 15) is 4.79 Å². The molecule has 1 heterocycles. The SMILES string of the molecule is CC(C)CNC(=O)CCc1ccc(N2CCN(C)CC2)c(N)c1. The number of carbonyl (C=O) groups excluding carboxylic acids is 1. The fourth-order valence-electron chi connectivity index (χ4n) is 2.76. The van der Waals surface area contributed by atoms with Gasteiger partial charge in [0.25, 0.3) is 0 Å². The minimum Gasteiger partial charge on any atom is -0.397 e. The Kier molecular flexibility index (Phi) is 6.28. The zero-order chi connectivity index (χ0) is 16.8. The van der Waals surface area contributed by atoms with Crippen LogP contribution in [0.4, 0.5) is 11.4 Å². The average molecular weight is 318 g/mol. The molecule has 0 atom stereocenters. The van der Waals surface area contributed by atoms with Gasteiger partial charge in [0, 0.05) is 39.1 Å². The number of aryl methyl sites for hydroxylation is 1. The average Bonchev–Trinajstić information content (AvgIpc) is 2.52. The van der Waals surface area contributed by atoms with Gasteiger partial charge < -0.3 is 20.9 Å². The summed E-state index contributed by atoms with van der Waals surface area (Å²) in [6, 6.07) is 6.21. The summed E-state index contributed by atoms with van der Waals surface area (Å²) in [6.45, 7) is 9.09. The zero-order valence-corrected chi connectivity index (χ0v) is 14.6. The molecule has 1 fully saturated rings. The summed E-state index contributed by atoms with van der Waals surface area (Å²) in [4.78, 5) is 16.5. The van der Waals surface area contributed by atoms with Crippen molar-refractivity contribution in [3.8, 4) is 0 Å². The third kappa shape index (κ3) is 5.43. The van der Waals surface area contributed by atoms with Crippen LogP contribution in [0, 0.1) is 5.92 Å². The highest BCUT2D eigenvalue weighted by Gasteiger charge is 2.16. The fourth-order valence-corrected chi connectivity index (χ4v) is 2.76. The monoisotopic (exact) mass is 318 g/mol. The predicted molar refractivity (Wildman–Crippen MR) is 96.7 cm³/mol. The number of likely N-dealkylation sites (N-methyl/N-ethyl adjacent to an activating group) is 1. The molecule has 1 saturated heterocycles. The van der Waals surface area contributed by atoms with Gasteiger partial charge in [-0.25, -0.2) is 0 Å². The van der Waals surface area contributed by atoms with Crippen molar-refractivity contribution in [1.82, 2.24) is 10.2 Å². The van der Waals surface area contributed by atoms with E-state index in [0.717, 1.165) is 56.1 Å². The molecular weight excluding hydrogens is 288 g/mol. The van der Waals surface area contributed by atoms with E-state index < -0.39 is 0 Å². The van der Waals surface area contributed by atoms with E-state index in [2.05, 4.69) is 48.1 Å². The first-order valence-corrected chi connectivity index (χ1v) is 8.54. The number of hydrogen-bond acceptors (Lipinski definition) is 4. The highest BCUT2D eigenvalue weighted by Crippen LogP contribution is 2.25. The van der Waals surface area contributed by atoms with Gasteiger partial charge in [0.2, 0.25) is 5.91 Å². The summed E-state index contributed by atoms with van der Waals surface area (Å²) >= 11 is 0. The molecule has 1 aromatic carbocycles. The van der Waals surface area contributed by atoms with Crippen LogP contribution in [0.3, 0.4) is 0 Å². The van der Waals surface area contributed by atoms with Crippen LogP contribution in [-0.4, -0.2) is 50.6 Å². The number of hydrogen-bond donors (Lipinski definition) is 2. The van der Waals surface area contributed by atoms with E-state index in [0.29, 0.717) is 12.3 Å². The maximum absolute atomic E-state index is 11.8. The second-order valence-corrected chi connectivity index (χ2v) is 6.88. The number of nitrogen functional groups attached to an aromatic ring is 1. The second kappa shape index (κ2) is 8.20. The summed E-state index contributed by atoms with van der Waals surface area (Å²) in [7, 11) is 2.15. The number of nitrogens with zero attached hydrogens (tertiary/aromatic N) is 2. The first kappa shape index (κ1) is 17.6. The van der Waals surface area contributed by atoms with E-state index in [-0.39, 0.29) is 5.91 Å². The third-order valence-electron chi connectivity index (χ3n) is 4.28. The molecule has 1 amide bonds. The van der Waals surface area contributed by atoms with Gasteiger partial charge in [0.1, 0.15) is 0 Å². The Morgan fingerprint density at radius 2 is 1.96 bits per heavy atom. The summed E-state index contributed by atoms with van der Waals surface area (Å²) < 4.78 is 0.